The molecule has 0 spiro atoms. The van der Waals surface area contributed by atoms with Crippen LogP contribution in [-0.4, -0.2) is 5.11 Å². The third-order valence-electron chi connectivity index (χ3n) is 3.79. The fourth-order valence-electron chi connectivity index (χ4n) is 2.61. The molecule has 1 aliphatic rings. The minimum atomic E-state index is -0.279. The van der Waals surface area contributed by atoms with E-state index in [-0.39, 0.29) is 11.5 Å². The summed E-state index contributed by atoms with van der Waals surface area (Å²) in [7, 11) is 0. The fraction of sp³-hybridized carbons (Fsp3) is 0.600. The van der Waals surface area contributed by atoms with Gasteiger partial charge in [0, 0.05) is 0 Å². The predicted molar refractivity (Wildman–Crippen MR) is 67.5 cm³/mol. The SMILES string of the molecule is CCc1ccc2c(c1)C(O)CC(C)(C)CC2. The standard InChI is InChI=1S/C15H22O/c1-4-11-5-6-12-7-8-15(2,3)10-14(16)13(12)9-11/h5-6,9,14,16H,4,7-8,10H2,1-3H3. The van der Waals surface area contributed by atoms with Gasteiger partial charge in [0.05, 0.1) is 6.10 Å². The van der Waals surface area contributed by atoms with Crippen LogP contribution in [0, 0.1) is 5.41 Å². The number of aliphatic hydroxyl groups excluding tert-OH is 1. The zero-order valence-corrected chi connectivity index (χ0v) is 10.6. The van der Waals surface area contributed by atoms with Crippen molar-refractivity contribution in [3.05, 3.63) is 34.9 Å². The molecule has 0 bridgehead atoms. The molecule has 1 atom stereocenters. The summed E-state index contributed by atoms with van der Waals surface area (Å²) in [6, 6.07) is 6.60. The van der Waals surface area contributed by atoms with Crippen molar-refractivity contribution in [2.45, 2.75) is 52.6 Å². The molecule has 0 fully saturated rings. The molecule has 1 N–H and O–H groups in total. The lowest BCUT2D eigenvalue weighted by molar-refractivity contribution is 0.116. The molecule has 0 heterocycles. The highest BCUT2D eigenvalue weighted by molar-refractivity contribution is 5.35. The molecule has 0 radical (unpaired) electrons. The summed E-state index contributed by atoms with van der Waals surface area (Å²) in [6.07, 6.45) is 3.92. The predicted octanol–water partition coefficient (Wildman–Crippen LogP) is 3.64. The van der Waals surface area contributed by atoms with Crippen molar-refractivity contribution in [3.8, 4) is 0 Å². The maximum Gasteiger partial charge on any atom is 0.0797 e. The van der Waals surface area contributed by atoms with Crippen molar-refractivity contribution in [1.29, 1.82) is 0 Å². The van der Waals surface area contributed by atoms with Gasteiger partial charge in [0.2, 0.25) is 0 Å². The first-order valence-electron chi connectivity index (χ1n) is 6.31. The minimum absolute atomic E-state index is 0.255. The molecular weight excluding hydrogens is 196 g/mol. The van der Waals surface area contributed by atoms with E-state index >= 15 is 0 Å². The first-order valence-corrected chi connectivity index (χ1v) is 6.31. The van der Waals surface area contributed by atoms with Gasteiger partial charge in [-0.1, -0.05) is 39.0 Å². The van der Waals surface area contributed by atoms with Crippen LogP contribution in [0.25, 0.3) is 0 Å². The fourth-order valence-corrected chi connectivity index (χ4v) is 2.61. The van der Waals surface area contributed by atoms with Crippen LogP contribution in [0.5, 0.6) is 0 Å². The summed E-state index contributed by atoms with van der Waals surface area (Å²) < 4.78 is 0. The van der Waals surface area contributed by atoms with Gasteiger partial charge >= 0.3 is 0 Å². The summed E-state index contributed by atoms with van der Waals surface area (Å²) in [6.45, 7) is 6.67. The van der Waals surface area contributed by atoms with Crippen LogP contribution >= 0.6 is 0 Å². The van der Waals surface area contributed by atoms with E-state index in [4.69, 9.17) is 0 Å². The molecule has 1 unspecified atom stereocenters. The number of hydrogen-bond donors (Lipinski definition) is 1. The molecular formula is C15H22O. The molecule has 0 saturated carbocycles. The van der Waals surface area contributed by atoms with Gasteiger partial charge in [0.15, 0.2) is 0 Å². The Morgan fingerprint density at radius 1 is 1.38 bits per heavy atom. The zero-order chi connectivity index (χ0) is 11.8. The third kappa shape index (κ3) is 2.30. The van der Waals surface area contributed by atoms with Crippen molar-refractivity contribution in [1.82, 2.24) is 0 Å². The van der Waals surface area contributed by atoms with E-state index in [2.05, 4.69) is 39.0 Å². The van der Waals surface area contributed by atoms with E-state index in [1.165, 1.54) is 23.1 Å². The van der Waals surface area contributed by atoms with Gasteiger partial charge in [-0.15, -0.1) is 0 Å². The number of hydrogen-bond acceptors (Lipinski definition) is 1. The first kappa shape index (κ1) is 11.7. The highest BCUT2D eigenvalue weighted by atomic mass is 16.3. The maximum atomic E-state index is 10.3. The van der Waals surface area contributed by atoms with Gasteiger partial charge in [-0.05, 0) is 47.8 Å². The minimum Gasteiger partial charge on any atom is -0.388 e. The summed E-state index contributed by atoms with van der Waals surface area (Å²) >= 11 is 0. The van der Waals surface area contributed by atoms with Crippen LogP contribution in [0.15, 0.2) is 18.2 Å². The molecule has 1 aliphatic carbocycles. The topological polar surface area (TPSA) is 20.2 Å². The van der Waals surface area contributed by atoms with Crippen LogP contribution in [0.1, 0.15) is 56.4 Å². The molecule has 1 heteroatoms. The summed E-state index contributed by atoms with van der Waals surface area (Å²) in [5.74, 6) is 0. The largest absolute Gasteiger partial charge is 0.388 e. The molecule has 1 aromatic rings. The van der Waals surface area contributed by atoms with Crippen molar-refractivity contribution in [2.24, 2.45) is 5.41 Å². The van der Waals surface area contributed by atoms with E-state index in [0.29, 0.717) is 0 Å². The quantitative estimate of drug-likeness (QED) is 0.713. The molecule has 1 nitrogen and oxygen atoms in total. The first-order chi connectivity index (χ1) is 7.52. The van der Waals surface area contributed by atoms with Crippen molar-refractivity contribution < 1.29 is 5.11 Å². The normalized spacial score (nSPS) is 23.6. The van der Waals surface area contributed by atoms with Crippen molar-refractivity contribution >= 4 is 0 Å². The molecule has 0 amide bonds. The second-order valence-corrected chi connectivity index (χ2v) is 5.77. The molecule has 0 saturated heterocycles. The number of benzene rings is 1. The molecule has 0 aliphatic heterocycles. The number of aliphatic hydroxyl groups is 1. The molecule has 1 aromatic carbocycles. The zero-order valence-electron chi connectivity index (χ0n) is 10.6. The van der Waals surface area contributed by atoms with Gasteiger partial charge in [-0.2, -0.15) is 0 Å². The van der Waals surface area contributed by atoms with E-state index in [1.54, 1.807) is 0 Å². The van der Waals surface area contributed by atoms with Gasteiger partial charge in [0.25, 0.3) is 0 Å². The highest BCUT2D eigenvalue weighted by Gasteiger charge is 2.28. The number of rotatable bonds is 1. The molecule has 0 aromatic heterocycles. The Labute approximate surface area is 98.5 Å². The van der Waals surface area contributed by atoms with Gasteiger partial charge in [-0.25, -0.2) is 0 Å². The molecule has 16 heavy (non-hydrogen) atoms. The summed E-state index contributed by atoms with van der Waals surface area (Å²) in [5, 5.41) is 10.3. The van der Waals surface area contributed by atoms with Crippen LogP contribution in [-0.2, 0) is 12.8 Å². The number of aryl methyl sites for hydroxylation is 2. The highest BCUT2D eigenvalue weighted by Crippen LogP contribution is 2.39. The molecule has 2 rings (SSSR count). The average Bonchev–Trinajstić information content (AvgIpc) is 2.35. The van der Waals surface area contributed by atoms with Crippen molar-refractivity contribution in [2.75, 3.05) is 0 Å². The Hall–Kier alpha value is -0.820. The Kier molecular flexibility index (Phi) is 3.07. The Bertz CT molecular complexity index is 379. The van der Waals surface area contributed by atoms with E-state index in [0.717, 1.165) is 19.3 Å². The van der Waals surface area contributed by atoms with Crippen LogP contribution in [0.4, 0.5) is 0 Å². The smallest absolute Gasteiger partial charge is 0.0797 e. The lowest BCUT2D eigenvalue weighted by Gasteiger charge is -2.24. The Morgan fingerprint density at radius 3 is 2.81 bits per heavy atom. The monoisotopic (exact) mass is 218 g/mol. The Balaban J connectivity index is 2.37. The summed E-state index contributed by atoms with van der Waals surface area (Å²) in [4.78, 5) is 0. The van der Waals surface area contributed by atoms with Gasteiger partial charge in [0.1, 0.15) is 0 Å². The second kappa shape index (κ2) is 4.21. The van der Waals surface area contributed by atoms with Gasteiger partial charge < -0.3 is 5.11 Å². The van der Waals surface area contributed by atoms with Crippen LogP contribution < -0.4 is 0 Å². The second-order valence-electron chi connectivity index (χ2n) is 5.77. The average molecular weight is 218 g/mol. The maximum absolute atomic E-state index is 10.3. The number of fused-ring (bicyclic) bond motifs is 1. The van der Waals surface area contributed by atoms with Gasteiger partial charge in [-0.3, -0.25) is 0 Å². The molecule has 88 valence electrons. The van der Waals surface area contributed by atoms with Crippen molar-refractivity contribution in [3.63, 3.8) is 0 Å². The van der Waals surface area contributed by atoms with E-state index in [1.807, 2.05) is 0 Å². The van der Waals surface area contributed by atoms with Crippen LogP contribution in [0.2, 0.25) is 0 Å². The Morgan fingerprint density at radius 2 is 2.12 bits per heavy atom. The van der Waals surface area contributed by atoms with E-state index < -0.39 is 0 Å². The lowest BCUT2D eigenvalue weighted by Crippen LogP contribution is -2.13. The lowest BCUT2D eigenvalue weighted by atomic mass is 9.84. The summed E-state index contributed by atoms with van der Waals surface area (Å²) in [5.41, 5.74) is 4.10. The van der Waals surface area contributed by atoms with E-state index in [9.17, 15) is 5.11 Å². The third-order valence-corrected chi connectivity index (χ3v) is 3.79. The van der Waals surface area contributed by atoms with Crippen LogP contribution in [0.3, 0.4) is 0 Å².